The highest BCUT2D eigenvalue weighted by Crippen LogP contribution is 2.24. The molecule has 1 atom stereocenters. The Morgan fingerprint density at radius 2 is 1.25 bits per heavy atom. The standard InChI is InChI=1S/C24H26N2O2/c27-22(17-25-16-19-10-4-1-5-11-19)18-26-24(28)23(20-12-6-2-7-13-20)21-14-8-3-9-15-21/h1-15,22-23,25,27H,16-18H2,(H,26,28). The molecule has 0 saturated heterocycles. The minimum Gasteiger partial charge on any atom is -0.390 e. The summed E-state index contributed by atoms with van der Waals surface area (Å²) in [6.07, 6.45) is -0.653. The largest absolute Gasteiger partial charge is 0.390 e. The van der Waals surface area contributed by atoms with Gasteiger partial charge in [-0.15, -0.1) is 0 Å². The number of carbonyl (C=O) groups is 1. The van der Waals surface area contributed by atoms with Crippen LogP contribution in [0.2, 0.25) is 0 Å². The molecule has 0 fully saturated rings. The van der Waals surface area contributed by atoms with Crippen molar-refractivity contribution >= 4 is 5.91 Å². The first kappa shape index (κ1) is 19.8. The molecule has 1 amide bonds. The van der Waals surface area contributed by atoms with Gasteiger partial charge in [0.15, 0.2) is 0 Å². The molecule has 3 aromatic rings. The lowest BCUT2D eigenvalue weighted by Crippen LogP contribution is -2.40. The molecular formula is C24H26N2O2. The Hall–Kier alpha value is -2.95. The average molecular weight is 374 g/mol. The lowest BCUT2D eigenvalue weighted by atomic mass is 9.90. The summed E-state index contributed by atoms with van der Waals surface area (Å²) in [5.74, 6) is -0.508. The third-order valence-corrected chi connectivity index (χ3v) is 4.59. The number of hydrogen-bond acceptors (Lipinski definition) is 3. The summed E-state index contributed by atoms with van der Waals surface area (Å²) in [6, 6.07) is 29.4. The van der Waals surface area contributed by atoms with Crippen molar-refractivity contribution in [3.05, 3.63) is 108 Å². The fraction of sp³-hybridized carbons (Fsp3) is 0.208. The number of carbonyl (C=O) groups excluding carboxylic acids is 1. The van der Waals surface area contributed by atoms with E-state index < -0.39 is 12.0 Å². The maximum atomic E-state index is 12.9. The second kappa shape index (κ2) is 10.4. The van der Waals surface area contributed by atoms with Crippen LogP contribution in [0.15, 0.2) is 91.0 Å². The summed E-state index contributed by atoms with van der Waals surface area (Å²) in [6.45, 7) is 1.30. The SMILES string of the molecule is O=C(NCC(O)CNCc1ccccc1)C(c1ccccc1)c1ccccc1. The predicted molar refractivity (Wildman–Crippen MR) is 112 cm³/mol. The van der Waals surface area contributed by atoms with Crippen LogP contribution in [0.5, 0.6) is 0 Å². The number of aliphatic hydroxyl groups is 1. The molecule has 28 heavy (non-hydrogen) atoms. The van der Waals surface area contributed by atoms with Crippen molar-refractivity contribution in [1.29, 1.82) is 0 Å². The van der Waals surface area contributed by atoms with Crippen molar-refractivity contribution in [2.75, 3.05) is 13.1 Å². The molecule has 3 rings (SSSR count). The lowest BCUT2D eigenvalue weighted by Gasteiger charge is -2.19. The molecule has 144 valence electrons. The second-order valence-electron chi connectivity index (χ2n) is 6.77. The first-order valence-electron chi connectivity index (χ1n) is 9.54. The molecule has 0 saturated carbocycles. The van der Waals surface area contributed by atoms with Gasteiger partial charge < -0.3 is 15.7 Å². The molecule has 0 radical (unpaired) electrons. The summed E-state index contributed by atoms with van der Waals surface area (Å²) in [7, 11) is 0. The monoisotopic (exact) mass is 374 g/mol. The molecule has 0 aliphatic heterocycles. The van der Waals surface area contributed by atoms with Gasteiger partial charge in [0.2, 0.25) is 5.91 Å². The van der Waals surface area contributed by atoms with Gasteiger partial charge in [-0.1, -0.05) is 91.0 Å². The zero-order valence-corrected chi connectivity index (χ0v) is 15.8. The molecule has 3 aromatic carbocycles. The van der Waals surface area contributed by atoms with Gasteiger partial charge in [-0.25, -0.2) is 0 Å². The molecule has 0 aromatic heterocycles. The van der Waals surface area contributed by atoms with Crippen LogP contribution in [0.1, 0.15) is 22.6 Å². The van der Waals surface area contributed by atoms with Crippen LogP contribution in [0.25, 0.3) is 0 Å². The van der Waals surface area contributed by atoms with Crippen molar-refractivity contribution in [3.63, 3.8) is 0 Å². The second-order valence-corrected chi connectivity index (χ2v) is 6.77. The van der Waals surface area contributed by atoms with E-state index in [2.05, 4.69) is 10.6 Å². The zero-order chi connectivity index (χ0) is 19.6. The van der Waals surface area contributed by atoms with Gasteiger partial charge in [-0.05, 0) is 16.7 Å². The number of hydrogen-bond donors (Lipinski definition) is 3. The molecule has 0 bridgehead atoms. The number of benzene rings is 3. The number of aliphatic hydroxyl groups excluding tert-OH is 1. The van der Waals surface area contributed by atoms with E-state index in [0.29, 0.717) is 13.1 Å². The summed E-state index contributed by atoms with van der Waals surface area (Å²) >= 11 is 0. The fourth-order valence-corrected chi connectivity index (χ4v) is 3.16. The minimum absolute atomic E-state index is 0.112. The van der Waals surface area contributed by atoms with Crippen LogP contribution >= 0.6 is 0 Å². The van der Waals surface area contributed by atoms with Gasteiger partial charge in [0, 0.05) is 19.6 Å². The molecule has 1 unspecified atom stereocenters. The topological polar surface area (TPSA) is 61.4 Å². The van der Waals surface area contributed by atoms with E-state index in [-0.39, 0.29) is 12.5 Å². The molecule has 0 heterocycles. The smallest absolute Gasteiger partial charge is 0.232 e. The van der Waals surface area contributed by atoms with Gasteiger partial charge in [0.1, 0.15) is 0 Å². The van der Waals surface area contributed by atoms with Gasteiger partial charge in [-0.2, -0.15) is 0 Å². The molecule has 3 N–H and O–H groups in total. The van der Waals surface area contributed by atoms with Crippen molar-refractivity contribution in [2.45, 2.75) is 18.6 Å². The Morgan fingerprint density at radius 3 is 1.79 bits per heavy atom. The molecule has 4 nitrogen and oxygen atoms in total. The van der Waals surface area contributed by atoms with E-state index in [1.807, 2.05) is 91.0 Å². The maximum absolute atomic E-state index is 12.9. The molecule has 4 heteroatoms. The van der Waals surface area contributed by atoms with Crippen LogP contribution in [0.3, 0.4) is 0 Å². The number of nitrogens with one attached hydrogen (secondary N) is 2. The van der Waals surface area contributed by atoms with Gasteiger partial charge in [0.05, 0.1) is 12.0 Å². The Bertz CT molecular complexity index is 799. The summed E-state index contributed by atoms with van der Waals surface area (Å²) < 4.78 is 0. The summed E-state index contributed by atoms with van der Waals surface area (Å²) in [5.41, 5.74) is 3.03. The molecule has 0 aliphatic carbocycles. The third-order valence-electron chi connectivity index (χ3n) is 4.59. The van der Waals surface area contributed by atoms with Crippen molar-refractivity contribution in [1.82, 2.24) is 10.6 Å². The third kappa shape index (κ3) is 5.78. The highest BCUT2D eigenvalue weighted by atomic mass is 16.3. The van der Waals surface area contributed by atoms with Gasteiger partial charge in [0.25, 0.3) is 0 Å². The Kier molecular flexibility index (Phi) is 7.36. The number of amides is 1. The van der Waals surface area contributed by atoms with Crippen LogP contribution in [-0.2, 0) is 11.3 Å². The maximum Gasteiger partial charge on any atom is 0.232 e. The summed E-state index contributed by atoms with van der Waals surface area (Å²) in [4.78, 5) is 12.9. The van der Waals surface area contributed by atoms with E-state index in [9.17, 15) is 9.90 Å². The molecule has 0 aliphatic rings. The Morgan fingerprint density at radius 1 is 0.750 bits per heavy atom. The van der Waals surface area contributed by atoms with Gasteiger partial charge >= 0.3 is 0 Å². The predicted octanol–water partition coefficient (Wildman–Crippen LogP) is 3.09. The minimum atomic E-state index is -0.653. The zero-order valence-electron chi connectivity index (χ0n) is 15.8. The van der Waals surface area contributed by atoms with Crippen molar-refractivity contribution < 1.29 is 9.90 Å². The van der Waals surface area contributed by atoms with Crippen molar-refractivity contribution in [2.24, 2.45) is 0 Å². The average Bonchev–Trinajstić information content (AvgIpc) is 2.75. The van der Waals surface area contributed by atoms with Gasteiger partial charge in [-0.3, -0.25) is 4.79 Å². The molecule has 0 spiro atoms. The van der Waals surface area contributed by atoms with Crippen LogP contribution in [-0.4, -0.2) is 30.2 Å². The first-order valence-corrected chi connectivity index (χ1v) is 9.54. The fourth-order valence-electron chi connectivity index (χ4n) is 3.16. The van der Waals surface area contributed by atoms with Crippen LogP contribution in [0.4, 0.5) is 0 Å². The van der Waals surface area contributed by atoms with E-state index in [1.54, 1.807) is 0 Å². The van der Waals surface area contributed by atoms with E-state index in [1.165, 1.54) is 0 Å². The molecular weight excluding hydrogens is 348 g/mol. The number of rotatable bonds is 9. The first-order chi connectivity index (χ1) is 13.7. The highest BCUT2D eigenvalue weighted by Gasteiger charge is 2.22. The summed E-state index contributed by atoms with van der Waals surface area (Å²) in [5, 5.41) is 16.3. The van der Waals surface area contributed by atoms with E-state index in [0.717, 1.165) is 16.7 Å². The lowest BCUT2D eigenvalue weighted by molar-refractivity contribution is -0.122. The Labute approximate surface area is 166 Å². The Balaban J connectivity index is 1.55. The van der Waals surface area contributed by atoms with Crippen LogP contribution in [0, 0.1) is 0 Å². The van der Waals surface area contributed by atoms with E-state index in [4.69, 9.17) is 0 Å². The van der Waals surface area contributed by atoms with E-state index >= 15 is 0 Å². The quantitative estimate of drug-likeness (QED) is 0.539. The highest BCUT2D eigenvalue weighted by molar-refractivity contribution is 5.87. The van der Waals surface area contributed by atoms with Crippen LogP contribution < -0.4 is 10.6 Å². The van der Waals surface area contributed by atoms with Crippen molar-refractivity contribution in [3.8, 4) is 0 Å². The normalized spacial score (nSPS) is 11.9.